The van der Waals surface area contributed by atoms with Crippen LogP contribution < -0.4 is 11.1 Å². The van der Waals surface area contributed by atoms with E-state index >= 15 is 0 Å². The second-order valence-electron chi connectivity index (χ2n) is 4.60. The van der Waals surface area contributed by atoms with Crippen LogP contribution >= 0.6 is 0 Å². The summed E-state index contributed by atoms with van der Waals surface area (Å²) in [6.07, 6.45) is 8.25. The maximum Gasteiger partial charge on any atom is 0.245 e. The topological polar surface area (TPSA) is 75.4 Å². The van der Waals surface area contributed by atoms with E-state index < -0.39 is 0 Å². The van der Waals surface area contributed by atoms with Gasteiger partial charge in [0.25, 0.3) is 0 Å². The third-order valence-corrected chi connectivity index (χ3v) is 2.63. The van der Waals surface area contributed by atoms with Gasteiger partial charge < -0.3 is 16.0 Å². The van der Waals surface area contributed by atoms with Crippen molar-refractivity contribution in [1.29, 1.82) is 0 Å². The molecule has 0 radical (unpaired) electrons. The van der Waals surface area contributed by atoms with Gasteiger partial charge in [-0.3, -0.25) is 9.59 Å². The Morgan fingerprint density at radius 1 is 1.32 bits per heavy atom. The number of hydrogen-bond donors (Lipinski definition) is 2. The van der Waals surface area contributed by atoms with Crippen molar-refractivity contribution in [2.24, 2.45) is 5.73 Å². The van der Waals surface area contributed by atoms with E-state index in [1.54, 1.807) is 20.2 Å². The Bertz CT molecular complexity index is 325. The lowest BCUT2D eigenvalue weighted by molar-refractivity contribution is -0.123. The Morgan fingerprint density at radius 3 is 2.58 bits per heavy atom. The number of hydrogen-bond acceptors (Lipinski definition) is 3. The zero-order chi connectivity index (χ0) is 14.7. The van der Waals surface area contributed by atoms with E-state index in [4.69, 9.17) is 5.73 Å². The normalized spacial score (nSPS) is 12.2. The highest BCUT2D eigenvalue weighted by Gasteiger charge is 2.01. The van der Waals surface area contributed by atoms with E-state index in [9.17, 15) is 9.59 Å². The van der Waals surface area contributed by atoms with Crippen LogP contribution in [0.2, 0.25) is 0 Å². The highest BCUT2D eigenvalue weighted by atomic mass is 16.2. The molecule has 0 heterocycles. The van der Waals surface area contributed by atoms with Gasteiger partial charge in [0.05, 0.1) is 0 Å². The number of nitrogens with one attached hydrogen (secondary N) is 1. The summed E-state index contributed by atoms with van der Waals surface area (Å²) >= 11 is 0. The lowest BCUT2D eigenvalue weighted by Crippen LogP contribution is -2.22. The number of rotatable bonds is 9. The predicted octanol–water partition coefficient (Wildman–Crippen LogP) is 0.821. The molecule has 5 nitrogen and oxygen atoms in total. The van der Waals surface area contributed by atoms with Gasteiger partial charge >= 0.3 is 0 Å². The van der Waals surface area contributed by atoms with Crippen LogP contribution in [0.5, 0.6) is 0 Å². The van der Waals surface area contributed by atoms with Gasteiger partial charge in [0.1, 0.15) is 0 Å². The highest BCUT2D eigenvalue weighted by molar-refractivity contribution is 5.87. The first-order valence-corrected chi connectivity index (χ1v) is 6.52. The van der Waals surface area contributed by atoms with Crippen molar-refractivity contribution in [1.82, 2.24) is 10.2 Å². The van der Waals surface area contributed by atoms with Crippen molar-refractivity contribution < 1.29 is 9.59 Å². The molecule has 2 amide bonds. The van der Waals surface area contributed by atoms with E-state index in [0.29, 0.717) is 6.54 Å². The molecule has 1 unspecified atom stereocenters. The molecule has 0 aromatic rings. The molecule has 0 saturated heterocycles. The molecule has 0 aliphatic heterocycles. The molecular formula is C14H25N3O2. The number of nitrogens with two attached hydrogens (primary N) is 1. The first-order valence-electron chi connectivity index (χ1n) is 6.52. The maximum atomic E-state index is 11.3. The third-order valence-electron chi connectivity index (χ3n) is 2.63. The minimum Gasteiger partial charge on any atom is -0.353 e. The van der Waals surface area contributed by atoms with Gasteiger partial charge in [-0.25, -0.2) is 0 Å². The van der Waals surface area contributed by atoms with Crippen molar-refractivity contribution in [2.45, 2.75) is 31.7 Å². The summed E-state index contributed by atoms with van der Waals surface area (Å²) < 4.78 is 0. The molecule has 0 fully saturated rings. The van der Waals surface area contributed by atoms with Crippen LogP contribution in [0, 0.1) is 0 Å². The van der Waals surface area contributed by atoms with Crippen LogP contribution in [0.15, 0.2) is 24.8 Å². The van der Waals surface area contributed by atoms with E-state index in [1.165, 1.54) is 17.1 Å². The lowest BCUT2D eigenvalue weighted by Gasteiger charge is -2.08. The van der Waals surface area contributed by atoms with Gasteiger partial charge in [-0.2, -0.15) is 0 Å². The molecule has 0 aliphatic rings. The van der Waals surface area contributed by atoms with E-state index in [0.717, 1.165) is 25.7 Å². The van der Waals surface area contributed by atoms with Crippen LogP contribution in [-0.4, -0.2) is 43.4 Å². The molecule has 0 saturated carbocycles. The number of unbranched alkanes of at least 4 members (excludes halogenated alkanes) is 2. The zero-order valence-electron chi connectivity index (χ0n) is 11.9. The van der Waals surface area contributed by atoms with Gasteiger partial charge in [0.2, 0.25) is 11.8 Å². The first kappa shape index (κ1) is 17.4. The number of amides is 2. The Kier molecular flexibility index (Phi) is 9.44. The average molecular weight is 267 g/mol. The molecule has 19 heavy (non-hydrogen) atoms. The number of carbonyl (C=O) groups is 2. The molecular weight excluding hydrogens is 242 g/mol. The van der Waals surface area contributed by atoms with Crippen LogP contribution in [-0.2, 0) is 9.59 Å². The lowest BCUT2D eigenvalue weighted by atomic mass is 10.1. The summed E-state index contributed by atoms with van der Waals surface area (Å²) in [7, 11) is 3.41. The van der Waals surface area contributed by atoms with Crippen LogP contribution in [0.25, 0.3) is 0 Å². The fourth-order valence-corrected chi connectivity index (χ4v) is 1.42. The molecule has 0 bridgehead atoms. The number of nitrogens with zero attached hydrogens (tertiary/aromatic N) is 1. The largest absolute Gasteiger partial charge is 0.353 e. The van der Waals surface area contributed by atoms with Crippen LogP contribution in [0.4, 0.5) is 0 Å². The standard InChI is InChI=1S/C14H25N3O2/c1-4-13(18)16-11-7-5-6-8-12(15)9-10-14(19)17(2)3/h4,9-10,12H,1,5-8,11,15H2,2-3H3,(H,16,18). The van der Waals surface area contributed by atoms with Crippen molar-refractivity contribution in [3.05, 3.63) is 24.8 Å². The monoisotopic (exact) mass is 267 g/mol. The fraction of sp³-hybridized carbons (Fsp3) is 0.571. The summed E-state index contributed by atoms with van der Waals surface area (Å²) in [6, 6.07) is -0.0910. The molecule has 0 aromatic carbocycles. The second-order valence-corrected chi connectivity index (χ2v) is 4.60. The Hall–Kier alpha value is -1.62. The minimum absolute atomic E-state index is 0.0532. The summed E-state index contributed by atoms with van der Waals surface area (Å²) in [5.74, 6) is -0.190. The number of carbonyl (C=O) groups excluding carboxylic acids is 2. The quantitative estimate of drug-likeness (QED) is 0.480. The smallest absolute Gasteiger partial charge is 0.245 e. The van der Waals surface area contributed by atoms with E-state index in [-0.39, 0.29) is 17.9 Å². The summed E-state index contributed by atoms with van der Waals surface area (Å²) in [6.45, 7) is 4.04. The van der Waals surface area contributed by atoms with Crippen LogP contribution in [0.3, 0.4) is 0 Å². The molecule has 0 aliphatic carbocycles. The van der Waals surface area contributed by atoms with Gasteiger partial charge in [0, 0.05) is 32.8 Å². The van der Waals surface area contributed by atoms with Gasteiger partial charge in [-0.1, -0.05) is 25.5 Å². The summed E-state index contributed by atoms with van der Waals surface area (Å²) in [5.41, 5.74) is 5.87. The van der Waals surface area contributed by atoms with E-state index in [2.05, 4.69) is 11.9 Å². The van der Waals surface area contributed by atoms with Crippen molar-refractivity contribution in [3.63, 3.8) is 0 Å². The molecule has 0 spiro atoms. The third kappa shape index (κ3) is 10.0. The van der Waals surface area contributed by atoms with Crippen LogP contribution in [0.1, 0.15) is 25.7 Å². The molecule has 0 aromatic heterocycles. The second kappa shape index (κ2) is 10.3. The summed E-state index contributed by atoms with van der Waals surface area (Å²) in [5, 5.41) is 2.72. The zero-order valence-corrected chi connectivity index (χ0v) is 11.9. The Labute approximate surface area is 115 Å². The van der Waals surface area contributed by atoms with Gasteiger partial charge in [-0.15, -0.1) is 0 Å². The van der Waals surface area contributed by atoms with Crippen molar-refractivity contribution in [2.75, 3.05) is 20.6 Å². The fourth-order valence-electron chi connectivity index (χ4n) is 1.42. The van der Waals surface area contributed by atoms with Crippen molar-refractivity contribution in [3.8, 4) is 0 Å². The van der Waals surface area contributed by atoms with Gasteiger partial charge in [0.15, 0.2) is 0 Å². The Morgan fingerprint density at radius 2 is 2.00 bits per heavy atom. The SMILES string of the molecule is C=CC(=O)NCCCCCC(N)C=CC(=O)N(C)C. The maximum absolute atomic E-state index is 11.3. The first-order chi connectivity index (χ1) is 8.97. The predicted molar refractivity (Wildman–Crippen MR) is 77.5 cm³/mol. The van der Waals surface area contributed by atoms with Crippen molar-refractivity contribution >= 4 is 11.8 Å². The van der Waals surface area contributed by atoms with Gasteiger partial charge in [-0.05, 0) is 18.9 Å². The summed E-state index contributed by atoms with van der Waals surface area (Å²) in [4.78, 5) is 23.7. The molecule has 0 rings (SSSR count). The Balaban J connectivity index is 3.58. The molecule has 3 N–H and O–H groups in total. The van der Waals surface area contributed by atoms with E-state index in [1.807, 2.05) is 0 Å². The average Bonchev–Trinajstić information content (AvgIpc) is 2.39. The molecule has 5 heteroatoms. The number of likely N-dealkylation sites (N-methyl/N-ethyl adjacent to an activating group) is 1. The minimum atomic E-state index is -0.137. The molecule has 108 valence electrons. The molecule has 1 atom stereocenters. The highest BCUT2D eigenvalue weighted by Crippen LogP contribution is 2.03.